The molecule has 0 radical (unpaired) electrons. The van der Waals surface area contributed by atoms with Crippen LogP contribution in [0.2, 0.25) is 0 Å². The van der Waals surface area contributed by atoms with Gasteiger partial charge < -0.3 is 5.11 Å². The van der Waals surface area contributed by atoms with Gasteiger partial charge in [0.05, 0.1) is 0 Å². The Morgan fingerprint density at radius 1 is 1.08 bits per heavy atom. The second kappa shape index (κ2) is 4.57. The van der Waals surface area contributed by atoms with Crippen LogP contribution in [0.4, 0.5) is 0 Å². The Kier molecular flexibility index (Phi) is 5.00. The number of hydrogen-bond donors (Lipinski definition) is 2. The van der Waals surface area contributed by atoms with Crippen LogP contribution < -0.4 is 0 Å². The molecule has 0 unspecified atom stereocenters. The summed E-state index contributed by atoms with van der Waals surface area (Å²) in [6.07, 6.45) is 2.57. The fourth-order valence-electron chi connectivity index (χ4n) is 1.36. The summed E-state index contributed by atoms with van der Waals surface area (Å²) in [7, 11) is -4.27. The monoisotopic (exact) mass is 222 g/mol. The normalized spacial score (nSPS) is 22.8. The zero-order valence-corrected chi connectivity index (χ0v) is 6.97. The van der Waals surface area contributed by atoms with Crippen LogP contribution in [0.15, 0.2) is 0 Å². The van der Waals surface area contributed by atoms with E-state index in [1.807, 2.05) is 0 Å². The molecule has 0 aliphatic heterocycles. The summed E-state index contributed by atoms with van der Waals surface area (Å²) in [5.41, 5.74) is 0. The van der Waals surface area contributed by atoms with E-state index in [9.17, 15) is 13.5 Å². The summed E-state index contributed by atoms with van der Waals surface area (Å²) < 4.78 is 29.9. The summed E-state index contributed by atoms with van der Waals surface area (Å²) in [6.45, 7) is 0. The van der Waals surface area contributed by atoms with Crippen molar-refractivity contribution in [3.63, 3.8) is 0 Å². The molecule has 12 heavy (non-hydrogen) atoms. The van der Waals surface area contributed by atoms with Crippen molar-refractivity contribution in [2.24, 2.45) is 0 Å². The average molecular weight is 222 g/mol. The van der Waals surface area contributed by atoms with Gasteiger partial charge in [0, 0.05) is 0 Å². The molecule has 1 saturated carbocycles. The van der Waals surface area contributed by atoms with Crippen molar-refractivity contribution in [2.45, 2.75) is 37.0 Å². The van der Waals surface area contributed by atoms with Gasteiger partial charge in [0.25, 0.3) is 10.1 Å². The zero-order chi connectivity index (χ0) is 8.54. The van der Waals surface area contributed by atoms with E-state index >= 15 is 0 Å². The van der Waals surface area contributed by atoms with E-state index in [-0.39, 0.29) is 50.6 Å². The predicted molar refractivity (Wildman–Crippen MR) is 48.1 cm³/mol. The van der Waals surface area contributed by atoms with Gasteiger partial charge >= 0.3 is 37.7 Å². The summed E-state index contributed by atoms with van der Waals surface area (Å²) in [5, 5.41) is 9.37. The number of aliphatic hydroxyl groups is 1. The maximum absolute atomic E-state index is 10.6. The quantitative estimate of drug-likeness (QED) is 0.468. The van der Waals surface area contributed by atoms with E-state index in [1.54, 1.807) is 0 Å². The van der Waals surface area contributed by atoms with E-state index in [4.69, 9.17) is 4.55 Å². The Bertz CT molecular complexity index is 230. The second-order valence-electron chi connectivity index (χ2n) is 2.98. The minimum atomic E-state index is -4.27. The van der Waals surface area contributed by atoms with Crippen molar-refractivity contribution in [2.75, 3.05) is 0 Å². The molecular formula is C6H14CaO4S. The van der Waals surface area contributed by atoms with E-state index in [2.05, 4.69) is 0 Å². The van der Waals surface area contributed by atoms with Gasteiger partial charge in [0.1, 0.15) is 0 Å². The maximum atomic E-state index is 10.6. The molecule has 4 nitrogen and oxygen atoms in total. The molecule has 0 bridgehead atoms. The van der Waals surface area contributed by atoms with Crippen LogP contribution in [0.1, 0.15) is 32.1 Å². The van der Waals surface area contributed by atoms with Crippen molar-refractivity contribution >= 4 is 47.9 Å². The topological polar surface area (TPSA) is 74.6 Å². The summed E-state index contributed by atoms with van der Waals surface area (Å²) in [5.74, 6) is 0. The van der Waals surface area contributed by atoms with Crippen LogP contribution >= 0.6 is 0 Å². The fraction of sp³-hybridized carbons (Fsp3) is 1.00. The van der Waals surface area contributed by atoms with Gasteiger partial charge in [-0.05, 0) is 25.7 Å². The van der Waals surface area contributed by atoms with Crippen LogP contribution in [0.3, 0.4) is 0 Å². The van der Waals surface area contributed by atoms with Gasteiger partial charge in [-0.15, -0.1) is 0 Å². The van der Waals surface area contributed by atoms with Crippen molar-refractivity contribution in [3.8, 4) is 0 Å². The average Bonchev–Trinajstić information content (AvgIpc) is 1.87. The van der Waals surface area contributed by atoms with Crippen LogP contribution in [0.25, 0.3) is 0 Å². The fourth-order valence-corrected chi connectivity index (χ4v) is 2.17. The minimum absolute atomic E-state index is 0. The molecule has 0 heterocycles. The van der Waals surface area contributed by atoms with Crippen molar-refractivity contribution in [1.82, 2.24) is 0 Å². The first-order chi connectivity index (χ1) is 4.96. The van der Waals surface area contributed by atoms with Crippen LogP contribution in [-0.2, 0) is 10.1 Å². The van der Waals surface area contributed by atoms with Gasteiger partial charge in [-0.1, -0.05) is 6.42 Å². The van der Waals surface area contributed by atoms with E-state index in [0.29, 0.717) is 12.8 Å². The van der Waals surface area contributed by atoms with Crippen LogP contribution in [0.5, 0.6) is 0 Å². The molecular weight excluding hydrogens is 208 g/mol. The third kappa shape index (κ3) is 2.82. The molecule has 2 N–H and O–H groups in total. The van der Waals surface area contributed by atoms with Gasteiger partial charge in [0.15, 0.2) is 4.93 Å². The standard InChI is InChI=1S/C6H12O4S.Ca.2H/c7-6(11(8,9)10)4-2-1-3-5-6;;;/h7H,1-5H2,(H,8,9,10);;;. The van der Waals surface area contributed by atoms with Crippen LogP contribution in [-0.4, -0.2) is 60.7 Å². The molecule has 0 aromatic rings. The van der Waals surface area contributed by atoms with Gasteiger partial charge in [-0.2, -0.15) is 8.42 Å². The molecule has 0 saturated heterocycles. The molecule has 0 aromatic heterocycles. The van der Waals surface area contributed by atoms with Crippen LogP contribution in [0, 0.1) is 0 Å². The summed E-state index contributed by atoms with van der Waals surface area (Å²) >= 11 is 0. The molecule has 0 spiro atoms. The molecule has 0 aromatic carbocycles. The van der Waals surface area contributed by atoms with E-state index in [1.165, 1.54) is 0 Å². The Morgan fingerprint density at radius 2 is 1.50 bits per heavy atom. The van der Waals surface area contributed by atoms with Gasteiger partial charge in [0.2, 0.25) is 0 Å². The molecule has 1 rings (SSSR count). The Hall–Kier alpha value is 1.13. The van der Waals surface area contributed by atoms with Gasteiger partial charge in [-0.3, -0.25) is 4.55 Å². The molecule has 1 fully saturated rings. The molecule has 1 aliphatic rings. The predicted octanol–water partition coefficient (Wildman–Crippen LogP) is -0.389. The van der Waals surface area contributed by atoms with Crippen molar-refractivity contribution in [1.29, 1.82) is 0 Å². The Labute approximate surface area is 102 Å². The number of hydrogen-bond acceptors (Lipinski definition) is 3. The first-order valence-corrected chi connectivity index (χ1v) is 5.09. The second-order valence-corrected chi connectivity index (χ2v) is 4.69. The van der Waals surface area contributed by atoms with Crippen molar-refractivity contribution in [3.05, 3.63) is 0 Å². The molecule has 0 atom stereocenters. The third-order valence-electron chi connectivity index (χ3n) is 2.11. The summed E-state index contributed by atoms with van der Waals surface area (Å²) in [6, 6.07) is 0. The molecule has 0 amide bonds. The number of rotatable bonds is 1. The van der Waals surface area contributed by atoms with E-state index in [0.717, 1.165) is 6.42 Å². The zero-order valence-electron chi connectivity index (χ0n) is 6.15. The van der Waals surface area contributed by atoms with Crippen molar-refractivity contribution < 1.29 is 18.1 Å². The Balaban J connectivity index is 0.00000121. The van der Waals surface area contributed by atoms with E-state index < -0.39 is 15.1 Å². The molecule has 1 aliphatic carbocycles. The van der Waals surface area contributed by atoms with Gasteiger partial charge in [-0.25, -0.2) is 0 Å². The Morgan fingerprint density at radius 3 is 1.75 bits per heavy atom. The summed E-state index contributed by atoms with van der Waals surface area (Å²) in [4.78, 5) is -1.86. The third-order valence-corrected chi connectivity index (χ3v) is 3.48. The first kappa shape index (κ1) is 13.1. The molecule has 70 valence electrons. The first-order valence-electron chi connectivity index (χ1n) is 3.65. The molecule has 6 heteroatoms. The SMILES string of the molecule is O=S(=O)(O)C1(O)CCCCC1.[CaH2].